The third-order valence-corrected chi connectivity index (χ3v) is 2.94. The van der Waals surface area contributed by atoms with Crippen molar-refractivity contribution in [3.05, 3.63) is 29.8 Å². The van der Waals surface area contributed by atoms with E-state index in [1.807, 2.05) is 24.3 Å². The van der Waals surface area contributed by atoms with Crippen molar-refractivity contribution in [2.24, 2.45) is 0 Å². The highest BCUT2D eigenvalue weighted by molar-refractivity contribution is 5.39. The first-order valence-corrected chi connectivity index (χ1v) is 5.33. The smallest absolute Gasteiger partial charge is 0.0731 e. The Bertz CT molecular complexity index is 315. The lowest BCUT2D eigenvalue weighted by Crippen LogP contribution is -2.38. The van der Waals surface area contributed by atoms with Gasteiger partial charge in [-0.05, 0) is 30.5 Å². The monoisotopic (exact) mass is 207 g/mol. The van der Waals surface area contributed by atoms with Gasteiger partial charge in [-0.1, -0.05) is 12.1 Å². The molecule has 2 rings (SSSR count). The van der Waals surface area contributed by atoms with Crippen LogP contribution in [0.5, 0.6) is 0 Å². The van der Waals surface area contributed by atoms with E-state index in [4.69, 9.17) is 10.5 Å². The Balaban J connectivity index is 2.03. The zero-order chi connectivity index (χ0) is 10.7. The second kappa shape index (κ2) is 4.21. The van der Waals surface area contributed by atoms with E-state index in [1.165, 1.54) is 0 Å². The molecule has 15 heavy (non-hydrogen) atoms. The lowest BCUT2D eigenvalue weighted by Gasteiger charge is -2.32. The number of hydrogen-bond donors (Lipinski definition) is 2. The van der Waals surface area contributed by atoms with Crippen LogP contribution < -0.4 is 5.73 Å². The zero-order valence-electron chi connectivity index (χ0n) is 8.78. The minimum atomic E-state index is -0.589. The van der Waals surface area contributed by atoms with Gasteiger partial charge in [-0.15, -0.1) is 0 Å². The van der Waals surface area contributed by atoms with E-state index in [2.05, 4.69) is 0 Å². The molecule has 1 aromatic rings. The Morgan fingerprint density at radius 1 is 1.20 bits per heavy atom. The van der Waals surface area contributed by atoms with Gasteiger partial charge in [0.25, 0.3) is 0 Å². The predicted molar refractivity (Wildman–Crippen MR) is 59.6 cm³/mol. The molecular formula is C12H17NO2. The lowest BCUT2D eigenvalue weighted by molar-refractivity contribution is -0.0625. The van der Waals surface area contributed by atoms with Crippen LogP contribution in [0.3, 0.4) is 0 Å². The van der Waals surface area contributed by atoms with E-state index in [-0.39, 0.29) is 0 Å². The highest BCUT2D eigenvalue weighted by Gasteiger charge is 2.29. The molecular weight excluding hydrogens is 190 g/mol. The van der Waals surface area contributed by atoms with Crippen LogP contribution in [-0.2, 0) is 11.2 Å². The minimum Gasteiger partial charge on any atom is -0.399 e. The average Bonchev–Trinajstić information content (AvgIpc) is 2.22. The van der Waals surface area contributed by atoms with Crippen LogP contribution in [0, 0.1) is 0 Å². The van der Waals surface area contributed by atoms with Crippen LogP contribution in [0.2, 0.25) is 0 Å². The molecule has 1 aliphatic heterocycles. The summed E-state index contributed by atoms with van der Waals surface area (Å²) < 4.78 is 5.24. The molecule has 1 fully saturated rings. The standard InChI is InChI=1S/C12H17NO2/c13-11-3-1-10(2-4-11)9-12(14)5-7-15-8-6-12/h1-4,14H,5-9,13H2. The SMILES string of the molecule is Nc1ccc(CC2(O)CCOCC2)cc1. The summed E-state index contributed by atoms with van der Waals surface area (Å²) >= 11 is 0. The van der Waals surface area contributed by atoms with Crippen molar-refractivity contribution in [1.29, 1.82) is 0 Å². The highest BCUT2D eigenvalue weighted by atomic mass is 16.5. The third-order valence-electron chi connectivity index (χ3n) is 2.94. The van der Waals surface area contributed by atoms with Gasteiger partial charge in [0.1, 0.15) is 0 Å². The van der Waals surface area contributed by atoms with E-state index in [9.17, 15) is 5.11 Å². The van der Waals surface area contributed by atoms with Crippen LogP contribution in [-0.4, -0.2) is 23.9 Å². The van der Waals surface area contributed by atoms with Crippen LogP contribution in [0.25, 0.3) is 0 Å². The molecule has 1 aliphatic rings. The summed E-state index contributed by atoms with van der Waals surface area (Å²) in [6.45, 7) is 1.32. The summed E-state index contributed by atoms with van der Waals surface area (Å²) in [5.41, 5.74) is 6.92. The molecule has 1 aromatic carbocycles. The fourth-order valence-electron chi connectivity index (χ4n) is 1.94. The van der Waals surface area contributed by atoms with Crippen LogP contribution >= 0.6 is 0 Å². The van der Waals surface area contributed by atoms with E-state index in [0.29, 0.717) is 19.6 Å². The molecule has 0 atom stereocenters. The Morgan fingerprint density at radius 3 is 2.40 bits per heavy atom. The molecule has 1 heterocycles. The molecule has 3 N–H and O–H groups in total. The van der Waals surface area contributed by atoms with Gasteiger partial charge in [0, 0.05) is 25.3 Å². The maximum Gasteiger partial charge on any atom is 0.0731 e. The van der Waals surface area contributed by atoms with Crippen molar-refractivity contribution in [1.82, 2.24) is 0 Å². The van der Waals surface area contributed by atoms with Crippen molar-refractivity contribution in [3.63, 3.8) is 0 Å². The first kappa shape index (κ1) is 10.5. The predicted octanol–water partition coefficient (Wildman–Crippen LogP) is 1.35. The molecule has 0 aliphatic carbocycles. The first-order valence-electron chi connectivity index (χ1n) is 5.33. The molecule has 82 valence electrons. The van der Waals surface area contributed by atoms with Gasteiger partial charge in [0.05, 0.1) is 5.60 Å². The van der Waals surface area contributed by atoms with Crippen molar-refractivity contribution in [2.45, 2.75) is 24.9 Å². The molecule has 0 radical (unpaired) electrons. The average molecular weight is 207 g/mol. The summed E-state index contributed by atoms with van der Waals surface area (Å²) in [7, 11) is 0. The number of anilines is 1. The second-order valence-electron chi connectivity index (χ2n) is 4.26. The first-order chi connectivity index (χ1) is 7.18. The third kappa shape index (κ3) is 2.70. The number of nitrogen functional groups attached to an aromatic ring is 1. The Morgan fingerprint density at radius 2 is 1.80 bits per heavy atom. The van der Waals surface area contributed by atoms with E-state index in [0.717, 1.165) is 24.1 Å². The Labute approximate surface area is 89.9 Å². The molecule has 3 nitrogen and oxygen atoms in total. The summed E-state index contributed by atoms with van der Waals surface area (Å²) in [5.74, 6) is 0. The van der Waals surface area contributed by atoms with Crippen molar-refractivity contribution in [3.8, 4) is 0 Å². The molecule has 0 bridgehead atoms. The molecule has 1 saturated heterocycles. The van der Waals surface area contributed by atoms with E-state index in [1.54, 1.807) is 0 Å². The fraction of sp³-hybridized carbons (Fsp3) is 0.500. The number of benzene rings is 1. The summed E-state index contributed by atoms with van der Waals surface area (Å²) in [6, 6.07) is 7.70. The molecule has 0 saturated carbocycles. The number of ether oxygens (including phenoxy) is 1. The van der Waals surface area contributed by atoms with Crippen LogP contribution in [0.15, 0.2) is 24.3 Å². The highest BCUT2D eigenvalue weighted by Crippen LogP contribution is 2.25. The van der Waals surface area contributed by atoms with Gasteiger partial charge in [0.15, 0.2) is 0 Å². The molecule has 3 heteroatoms. The molecule has 0 amide bonds. The normalized spacial score (nSPS) is 20.1. The molecule has 0 spiro atoms. The maximum absolute atomic E-state index is 10.3. The summed E-state index contributed by atoms with van der Waals surface area (Å²) in [6.07, 6.45) is 2.13. The maximum atomic E-state index is 10.3. The number of rotatable bonds is 2. The van der Waals surface area contributed by atoms with Crippen LogP contribution in [0.4, 0.5) is 5.69 Å². The quantitative estimate of drug-likeness (QED) is 0.720. The minimum absolute atomic E-state index is 0.589. The Hall–Kier alpha value is -1.06. The van der Waals surface area contributed by atoms with Gasteiger partial charge < -0.3 is 15.6 Å². The van der Waals surface area contributed by atoms with Gasteiger partial charge in [-0.3, -0.25) is 0 Å². The molecule has 0 unspecified atom stereocenters. The van der Waals surface area contributed by atoms with Crippen molar-refractivity contribution >= 4 is 5.69 Å². The fourth-order valence-corrected chi connectivity index (χ4v) is 1.94. The lowest BCUT2D eigenvalue weighted by atomic mass is 9.87. The second-order valence-corrected chi connectivity index (χ2v) is 4.26. The van der Waals surface area contributed by atoms with Gasteiger partial charge >= 0.3 is 0 Å². The number of aliphatic hydroxyl groups is 1. The Kier molecular flexibility index (Phi) is 2.93. The van der Waals surface area contributed by atoms with Crippen molar-refractivity contribution < 1.29 is 9.84 Å². The topological polar surface area (TPSA) is 55.5 Å². The number of hydrogen-bond acceptors (Lipinski definition) is 3. The van der Waals surface area contributed by atoms with Gasteiger partial charge in [-0.25, -0.2) is 0 Å². The van der Waals surface area contributed by atoms with E-state index >= 15 is 0 Å². The zero-order valence-corrected chi connectivity index (χ0v) is 8.78. The van der Waals surface area contributed by atoms with Crippen molar-refractivity contribution in [2.75, 3.05) is 18.9 Å². The van der Waals surface area contributed by atoms with Crippen LogP contribution in [0.1, 0.15) is 18.4 Å². The van der Waals surface area contributed by atoms with Gasteiger partial charge in [-0.2, -0.15) is 0 Å². The summed E-state index contributed by atoms with van der Waals surface area (Å²) in [4.78, 5) is 0. The molecule has 0 aromatic heterocycles. The largest absolute Gasteiger partial charge is 0.399 e. The van der Waals surface area contributed by atoms with E-state index < -0.39 is 5.60 Å². The summed E-state index contributed by atoms with van der Waals surface area (Å²) in [5, 5.41) is 10.3. The van der Waals surface area contributed by atoms with Gasteiger partial charge in [0.2, 0.25) is 0 Å². The number of nitrogens with two attached hydrogens (primary N) is 1.